The summed E-state index contributed by atoms with van der Waals surface area (Å²) in [6.07, 6.45) is 4.58. The number of aryl methyl sites for hydroxylation is 1. The Morgan fingerprint density at radius 3 is 3.05 bits per heavy atom. The van der Waals surface area contributed by atoms with Crippen molar-refractivity contribution in [2.24, 2.45) is 0 Å². The predicted molar refractivity (Wildman–Crippen MR) is 74.0 cm³/mol. The summed E-state index contributed by atoms with van der Waals surface area (Å²) < 4.78 is 11.2. The highest BCUT2D eigenvalue weighted by molar-refractivity contribution is 5.26. The Labute approximate surface area is 113 Å². The maximum Gasteiger partial charge on any atom is 0.141 e. The van der Waals surface area contributed by atoms with Crippen LogP contribution < -0.4 is 10.1 Å². The molecule has 0 radical (unpaired) electrons. The Morgan fingerprint density at radius 1 is 1.37 bits per heavy atom. The van der Waals surface area contributed by atoms with Crippen LogP contribution in [0.5, 0.6) is 5.75 Å². The van der Waals surface area contributed by atoms with Crippen LogP contribution in [0.15, 0.2) is 35.1 Å². The molecule has 0 spiro atoms. The van der Waals surface area contributed by atoms with Crippen LogP contribution in [0.1, 0.15) is 30.4 Å². The highest BCUT2D eigenvalue weighted by Gasteiger charge is 2.07. The maximum atomic E-state index is 5.78. The second-order valence-electron chi connectivity index (χ2n) is 4.42. The maximum absolute atomic E-state index is 5.78. The van der Waals surface area contributed by atoms with Gasteiger partial charge in [-0.2, -0.15) is 0 Å². The molecule has 102 valence electrons. The molecule has 0 aliphatic carbocycles. The molecule has 0 fully saturated rings. The number of pyridine rings is 1. The summed E-state index contributed by atoms with van der Waals surface area (Å²) in [6.45, 7) is 6.32. The molecule has 4 nitrogen and oxygen atoms in total. The van der Waals surface area contributed by atoms with Crippen LogP contribution in [-0.2, 0) is 13.2 Å². The summed E-state index contributed by atoms with van der Waals surface area (Å²) in [5.74, 6) is 1.76. The van der Waals surface area contributed by atoms with Gasteiger partial charge in [-0.15, -0.1) is 0 Å². The van der Waals surface area contributed by atoms with Gasteiger partial charge in [0.2, 0.25) is 0 Å². The molecule has 0 amide bonds. The van der Waals surface area contributed by atoms with Gasteiger partial charge in [-0.3, -0.25) is 4.98 Å². The van der Waals surface area contributed by atoms with Gasteiger partial charge >= 0.3 is 0 Å². The molecule has 2 aromatic heterocycles. The first kappa shape index (κ1) is 13.6. The van der Waals surface area contributed by atoms with Crippen LogP contribution in [-0.4, -0.2) is 11.5 Å². The monoisotopic (exact) mass is 260 g/mol. The summed E-state index contributed by atoms with van der Waals surface area (Å²) in [7, 11) is 0. The number of hydrogen-bond acceptors (Lipinski definition) is 4. The van der Waals surface area contributed by atoms with E-state index >= 15 is 0 Å². The van der Waals surface area contributed by atoms with Gasteiger partial charge in [0.1, 0.15) is 18.1 Å². The van der Waals surface area contributed by atoms with Crippen LogP contribution in [0.25, 0.3) is 0 Å². The molecule has 2 rings (SSSR count). The number of furan rings is 1. The second kappa shape index (κ2) is 6.95. The Balaban J connectivity index is 1.93. The minimum Gasteiger partial charge on any atom is -0.487 e. The summed E-state index contributed by atoms with van der Waals surface area (Å²) in [5.41, 5.74) is 1.98. The van der Waals surface area contributed by atoms with Crippen LogP contribution in [0.4, 0.5) is 0 Å². The summed E-state index contributed by atoms with van der Waals surface area (Å²) >= 11 is 0. The SMILES string of the molecule is CCCNCc1occc1COc1cccnc1C. The van der Waals surface area contributed by atoms with Crippen molar-refractivity contribution in [1.82, 2.24) is 10.3 Å². The van der Waals surface area contributed by atoms with Gasteiger partial charge in [0, 0.05) is 11.8 Å². The summed E-state index contributed by atoms with van der Waals surface area (Å²) in [6, 6.07) is 5.76. The van der Waals surface area contributed by atoms with Crippen LogP contribution in [0.2, 0.25) is 0 Å². The predicted octanol–water partition coefficient (Wildman–Crippen LogP) is 3.06. The highest BCUT2D eigenvalue weighted by Crippen LogP contribution is 2.18. The Morgan fingerprint density at radius 2 is 2.26 bits per heavy atom. The molecular formula is C15H20N2O2. The fourth-order valence-corrected chi connectivity index (χ4v) is 1.81. The van der Waals surface area contributed by atoms with E-state index in [1.54, 1.807) is 12.5 Å². The molecule has 0 bridgehead atoms. The number of hydrogen-bond donors (Lipinski definition) is 1. The van der Waals surface area contributed by atoms with Crippen molar-refractivity contribution in [3.8, 4) is 5.75 Å². The Bertz CT molecular complexity index is 508. The largest absolute Gasteiger partial charge is 0.487 e. The smallest absolute Gasteiger partial charge is 0.141 e. The van der Waals surface area contributed by atoms with E-state index in [1.165, 1.54) is 0 Å². The van der Waals surface area contributed by atoms with E-state index in [9.17, 15) is 0 Å². The lowest BCUT2D eigenvalue weighted by Crippen LogP contribution is -2.14. The molecule has 0 atom stereocenters. The third-order valence-corrected chi connectivity index (χ3v) is 2.89. The van der Waals surface area contributed by atoms with Crippen LogP contribution in [0.3, 0.4) is 0 Å². The van der Waals surface area contributed by atoms with Crippen molar-refractivity contribution in [2.45, 2.75) is 33.4 Å². The van der Waals surface area contributed by atoms with E-state index in [2.05, 4.69) is 17.2 Å². The van der Waals surface area contributed by atoms with Crippen molar-refractivity contribution in [2.75, 3.05) is 6.54 Å². The van der Waals surface area contributed by atoms with E-state index in [4.69, 9.17) is 9.15 Å². The van der Waals surface area contributed by atoms with Gasteiger partial charge in [0.05, 0.1) is 18.5 Å². The molecule has 4 heteroatoms. The molecule has 0 unspecified atom stereocenters. The van der Waals surface area contributed by atoms with Crippen LogP contribution in [0, 0.1) is 6.92 Å². The van der Waals surface area contributed by atoms with Gasteiger partial charge in [-0.25, -0.2) is 0 Å². The van der Waals surface area contributed by atoms with Crippen molar-refractivity contribution < 1.29 is 9.15 Å². The van der Waals surface area contributed by atoms with E-state index < -0.39 is 0 Å². The quantitative estimate of drug-likeness (QED) is 0.777. The minimum atomic E-state index is 0.506. The molecule has 0 aliphatic rings. The summed E-state index contributed by atoms with van der Waals surface area (Å²) in [4.78, 5) is 4.20. The average Bonchev–Trinajstić information content (AvgIpc) is 2.86. The molecule has 19 heavy (non-hydrogen) atoms. The van der Waals surface area contributed by atoms with E-state index in [0.29, 0.717) is 6.61 Å². The molecular weight excluding hydrogens is 240 g/mol. The minimum absolute atomic E-state index is 0.506. The Hall–Kier alpha value is -1.81. The molecule has 0 aliphatic heterocycles. The number of nitrogens with zero attached hydrogens (tertiary/aromatic N) is 1. The number of rotatable bonds is 7. The summed E-state index contributed by atoms with van der Waals surface area (Å²) in [5, 5.41) is 3.33. The standard InChI is InChI=1S/C15H20N2O2/c1-3-7-16-10-15-13(6-9-18-15)11-19-14-5-4-8-17-12(14)2/h4-6,8-9,16H,3,7,10-11H2,1-2H3. The first-order valence-corrected chi connectivity index (χ1v) is 6.61. The van der Waals surface area contributed by atoms with E-state index in [-0.39, 0.29) is 0 Å². The molecule has 0 aromatic carbocycles. The fourth-order valence-electron chi connectivity index (χ4n) is 1.81. The lowest BCUT2D eigenvalue weighted by atomic mass is 10.2. The van der Waals surface area contributed by atoms with Crippen molar-refractivity contribution >= 4 is 0 Å². The van der Waals surface area contributed by atoms with Crippen molar-refractivity contribution in [3.63, 3.8) is 0 Å². The zero-order chi connectivity index (χ0) is 13.5. The molecule has 2 aromatic rings. The molecule has 2 heterocycles. The highest BCUT2D eigenvalue weighted by atomic mass is 16.5. The molecule has 0 saturated heterocycles. The lowest BCUT2D eigenvalue weighted by Gasteiger charge is -2.08. The first-order chi connectivity index (χ1) is 9.31. The van der Waals surface area contributed by atoms with Gasteiger partial charge in [-0.1, -0.05) is 6.92 Å². The van der Waals surface area contributed by atoms with Crippen molar-refractivity contribution in [1.29, 1.82) is 0 Å². The van der Waals surface area contributed by atoms with Gasteiger partial charge in [-0.05, 0) is 38.1 Å². The molecule has 0 saturated carbocycles. The topological polar surface area (TPSA) is 47.3 Å². The number of nitrogens with one attached hydrogen (secondary N) is 1. The third-order valence-electron chi connectivity index (χ3n) is 2.89. The van der Waals surface area contributed by atoms with Crippen LogP contribution >= 0.6 is 0 Å². The van der Waals surface area contributed by atoms with E-state index in [1.807, 2.05) is 25.1 Å². The van der Waals surface area contributed by atoms with Crippen molar-refractivity contribution in [3.05, 3.63) is 47.7 Å². The fraction of sp³-hybridized carbons (Fsp3) is 0.400. The lowest BCUT2D eigenvalue weighted by molar-refractivity contribution is 0.298. The van der Waals surface area contributed by atoms with E-state index in [0.717, 1.165) is 42.3 Å². The van der Waals surface area contributed by atoms with Gasteiger partial charge in [0.15, 0.2) is 0 Å². The zero-order valence-corrected chi connectivity index (χ0v) is 11.5. The van der Waals surface area contributed by atoms with Gasteiger partial charge < -0.3 is 14.5 Å². The zero-order valence-electron chi connectivity index (χ0n) is 11.5. The third kappa shape index (κ3) is 3.83. The molecule has 1 N–H and O–H groups in total. The second-order valence-corrected chi connectivity index (χ2v) is 4.42. The Kier molecular flexibility index (Phi) is 4.98. The number of aromatic nitrogens is 1. The number of ether oxygens (including phenoxy) is 1. The van der Waals surface area contributed by atoms with Gasteiger partial charge in [0.25, 0.3) is 0 Å². The first-order valence-electron chi connectivity index (χ1n) is 6.61. The normalized spacial score (nSPS) is 10.6. The average molecular weight is 260 g/mol.